The predicted molar refractivity (Wildman–Crippen MR) is 87.4 cm³/mol. The highest BCUT2D eigenvalue weighted by Gasteiger charge is 2.15. The molecule has 0 unspecified atom stereocenters. The third-order valence-electron chi connectivity index (χ3n) is 3.88. The van der Waals surface area contributed by atoms with Crippen molar-refractivity contribution in [2.75, 3.05) is 10.6 Å². The SMILES string of the molecule is Cc1c(Cl)cccc1Nc1nccc(NC2CCCC2)n1. The number of nitrogens with one attached hydrogen (secondary N) is 2. The Morgan fingerprint density at radius 1 is 1.19 bits per heavy atom. The molecule has 1 aliphatic rings. The Hall–Kier alpha value is -1.81. The van der Waals surface area contributed by atoms with Gasteiger partial charge in [-0.25, -0.2) is 4.98 Å². The van der Waals surface area contributed by atoms with E-state index in [1.165, 1.54) is 25.7 Å². The van der Waals surface area contributed by atoms with E-state index < -0.39 is 0 Å². The molecule has 1 aromatic carbocycles. The summed E-state index contributed by atoms with van der Waals surface area (Å²) < 4.78 is 0. The van der Waals surface area contributed by atoms with Crippen LogP contribution < -0.4 is 10.6 Å². The van der Waals surface area contributed by atoms with Crippen molar-refractivity contribution >= 4 is 29.1 Å². The Kier molecular flexibility index (Phi) is 4.25. The maximum absolute atomic E-state index is 6.13. The van der Waals surface area contributed by atoms with Crippen molar-refractivity contribution in [2.24, 2.45) is 0 Å². The number of halogens is 1. The lowest BCUT2D eigenvalue weighted by Gasteiger charge is -2.14. The van der Waals surface area contributed by atoms with Gasteiger partial charge in [0.2, 0.25) is 5.95 Å². The van der Waals surface area contributed by atoms with Gasteiger partial charge in [-0.05, 0) is 43.5 Å². The molecule has 0 saturated heterocycles. The number of benzene rings is 1. The maximum Gasteiger partial charge on any atom is 0.229 e. The lowest BCUT2D eigenvalue weighted by molar-refractivity contribution is 0.750. The zero-order chi connectivity index (χ0) is 14.7. The van der Waals surface area contributed by atoms with E-state index in [1.54, 1.807) is 6.20 Å². The van der Waals surface area contributed by atoms with Crippen LogP contribution in [0.2, 0.25) is 5.02 Å². The molecule has 0 aliphatic heterocycles. The summed E-state index contributed by atoms with van der Waals surface area (Å²) in [5.41, 5.74) is 1.93. The number of aromatic nitrogens is 2. The van der Waals surface area contributed by atoms with Crippen LogP contribution in [0.15, 0.2) is 30.5 Å². The van der Waals surface area contributed by atoms with Crippen molar-refractivity contribution in [3.8, 4) is 0 Å². The van der Waals surface area contributed by atoms with Crippen LogP contribution in [0.5, 0.6) is 0 Å². The van der Waals surface area contributed by atoms with Crippen molar-refractivity contribution < 1.29 is 0 Å². The summed E-state index contributed by atoms with van der Waals surface area (Å²) in [6, 6.07) is 8.22. The second-order valence-corrected chi connectivity index (χ2v) is 5.84. The minimum Gasteiger partial charge on any atom is -0.367 e. The van der Waals surface area contributed by atoms with E-state index in [0.29, 0.717) is 12.0 Å². The van der Waals surface area contributed by atoms with Gasteiger partial charge in [0, 0.05) is 22.9 Å². The molecule has 3 rings (SSSR count). The first-order chi connectivity index (χ1) is 10.2. The Bertz CT molecular complexity index is 623. The summed E-state index contributed by atoms with van der Waals surface area (Å²) in [4.78, 5) is 8.80. The molecule has 1 heterocycles. The molecule has 2 aromatic rings. The van der Waals surface area contributed by atoms with Gasteiger partial charge in [0.25, 0.3) is 0 Å². The summed E-state index contributed by atoms with van der Waals surface area (Å²) >= 11 is 6.13. The second kappa shape index (κ2) is 6.31. The van der Waals surface area contributed by atoms with E-state index in [0.717, 1.165) is 22.1 Å². The van der Waals surface area contributed by atoms with Gasteiger partial charge >= 0.3 is 0 Å². The minimum atomic E-state index is 0.542. The van der Waals surface area contributed by atoms with E-state index in [-0.39, 0.29) is 0 Å². The van der Waals surface area contributed by atoms with E-state index in [9.17, 15) is 0 Å². The highest BCUT2D eigenvalue weighted by molar-refractivity contribution is 6.31. The largest absolute Gasteiger partial charge is 0.367 e. The van der Waals surface area contributed by atoms with Crippen LogP contribution in [0.25, 0.3) is 0 Å². The van der Waals surface area contributed by atoms with Crippen molar-refractivity contribution in [1.82, 2.24) is 9.97 Å². The van der Waals surface area contributed by atoms with Gasteiger partial charge < -0.3 is 10.6 Å². The minimum absolute atomic E-state index is 0.542. The maximum atomic E-state index is 6.13. The molecule has 1 fully saturated rings. The molecule has 21 heavy (non-hydrogen) atoms. The van der Waals surface area contributed by atoms with Crippen molar-refractivity contribution in [3.05, 3.63) is 41.0 Å². The fourth-order valence-electron chi connectivity index (χ4n) is 2.64. The Balaban J connectivity index is 1.74. The van der Waals surface area contributed by atoms with Gasteiger partial charge in [0.15, 0.2) is 0 Å². The van der Waals surface area contributed by atoms with E-state index >= 15 is 0 Å². The summed E-state index contributed by atoms with van der Waals surface area (Å²) in [7, 11) is 0. The molecular formula is C16H19ClN4. The number of rotatable bonds is 4. The number of nitrogens with zero attached hydrogens (tertiary/aromatic N) is 2. The first kappa shape index (κ1) is 14.1. The monoisotopic (exact) mass is 302 g/mol. The van der Waals surface area contributed by atoms with Gasteiger partial charge in [-0.3, -0.25) is 0 Å². The molecule has 0 bridgehead atoms. The fourth-order valence-corrected chi connectivity index (χ4v) is 2.82. The van der Waals surface area contributed by atoms with Crippen LogP contribution in [0.4, 0.5) is 17.5 Å². The van der Waals surface area contributed by atoms with Crippen LogP contribution >= 0.6 is 11.6 Å². The van der Waals surface area contributed by atoms with E-state index in [1.807, 2.05) is 31.2 Å². The van der Waals surface area contributed by atoms with Crippen molar-refractivity contribution in [1.29, 1.82) is 0 Å². The molecule has 1 aromatic heterocycles. The Labute approximate surface area is 130 Å². The third-order valence-corrected chi connectivity index (χ3v) is 4.29. The normalized spacial score (nSPS) is 15.1. The third kappa shape index (κ3) is 3.45. The van der Waals surface area contributed by atoms with E-state index in [2.05, 4.69) is 20.6 Å². The fraction of sp³-hybridized carbons (Fsp3) is 0.375. The first-order valence-corrected chi connectivity index (χ1v) is 7.72. The molecule has 1 aliphatic carbocycles. The predicted octanol–water partition coefficient (Wildman–Crippen LogP) is 4.54. The van der Waals surface area contributed by atoms with E-state index in [4.69, 9.17) is 11.6 Å². The molecule has 0 atom stereocenters. The molecule has 0 radical (unpaired) electrons. The van der Waals surface area contributed by atoms with Crippen LogP contribution in [-0.2, 0) is 0 Å². The highest BCUT2D eigenvalue weighted by atomic mass is 35.5. The molecule has 110 valence electrons. The van der Waals surface area contributed by atoms with Crippen molar-refractivity contribution in [3.63, 3.8) is 0 Å². The molecule has 4 nitrogen and oxygen atoms in total. The molecule has 0 spiro atoms. The average Bonchev–Trinajstić information content (AvgIpc) is 2.97. The van der Waals surface area contributed by atoms with Gasteiger partial charge in [-0.1, -0.05) is 30.5 Å². The molecular weight excluding hydrogens is 284 g/mol. The topological polar surface area (TPSA) is 49.8 Å². The Morgan fingerprint density at radius 2 is 2.00 bits per heavy atom. The van der Waals surface area contributed by atoms with Crippen LogP contribution in [-0.4, -0.2) is 16.0 Å². The summed E-state index contributed by atoms with van der Waals surface area (Å²) in [5.74, 6) is 1.46. The molecule has 1 saturated carbocycles. The second-order valence-electron chi connectivity index (χ2n) is 5.43. The van der Waals surface area contributed by atoms with Crippen LogP contribution in [0, 0.1) is 6.92 Å². The lowest BCUT2D eigenvalue weighted by Crippen LogP contribution is -2.16. The van der Waals surface area contributed by atoms with Gasteiger partial charge in [0.1, 0.15) is 5.82 Å². The highest BCUT2D eigenvalue weighted by Crippen LogP contribution is 2.26. The van der Waals surface area contributed by atoms with Gasteiger partial charge in [-0.15, -0.1) is 0 Å². The Morgan fingerprint density at radius 3 is 2.81 bits per heavy atom. The molecule has 2 N–H and O–H groups in total. The zero-order valence-electron chi connectivity index (χ0n) is 12.1. The number of anilines is 3. The summed E-state index contributed by atoms with van der Waals surface area (Å²) in [5, 5.41) is 7.44. The van der Waals surface area contributed by atoms with Crippen molar-refractivity contribution in [2.45, 2.75) is 38.6 Å². The first-order valence-electron chi connectivity index (χ1n) is 7.34. The number of hydrogen-bond acceptors (Lipinski definition) is 4. The standard InChI is InChI=1S/C16H19ClN4/c1-11-13(17)7-4-8-14(11)20-16-18-10-9-15(21-16)19-12-5-2-3-6-12/h4,7-10,12H,2-3,5-6H2,1H3,(H2,18,19,20,21). The van der Waals surface area contributed by atoms with Gasteiger partial charge in [0.05, 0.1) is 0 Å². The summed E-state index contributed by atoms with van der Waals surface area (Å²) in [6.45, 7) is 1.98. The smallest absolute Gasteiger partial charge is 0.229 e. The van der Waals surface area contributed by atoms with Crippen LogP contribution in [0.3, 0.4) is 0 Å². The average molecular weight is 303 g/mol. The number of hydrogen-bond donors (Lipinski definition) is 2. The zero-order valence-corrected chi connectivity index (χ0v) is 12.8. The van der Waals surface area contributed by atoms with Crippen LogP contribution in [0.1, 0.15) is 31.2 Å². The molecule has 5 heteroatoms. The van der Waals surface area contributed by atoms with Gasteiger partial charge in [-0.2, -0.15) is 4.98 Å². The lowest BCUT2D eigenvalue weighted by atomic mass is 10.2. The quantitative estimate of drug-likeness (QED) is 0.871. The summed E-state index contributed by atoms with van der Waals surface area (Å²) in [6.07, 6.45) is 6.82. The molecule has 0 amide bonds.